The molecule has 0 aliphatic rings. The first-order chi connectivity index (χ1) is 10.6. The summed E-state index contributed by atoms with van der Waals surface area (Å²) < 4.78 is 19.3. The maximum Gasteiger partial charge on any atom is 0.277 e. The van der Waals surface area contributed by atoms with Crippen molar-refractivity contribution < 1.29 is 13.9 Å². The van der Waals surface area contributed by atoms with Crippen LogP contribution >= 0.6 is 27.5 Å². The molecule has 22 heavy (non-hydrogen) atoms. The summed E-state index contributed by atoms with van der Waals surface area (Å²) in [6, 6.07) is 11.1. The zero-order valence-corrected chi connectivity index (χ0v) is 13.6. The highest BCUT2D eigenvalue weighted by atomic mass is 79.9. The summed E-state index contributed by atoms with van der Waals surface area (Å²) in [5, 5.41) is 4.23. The number of hydrazone groups is 1. The molecule has 0 radical (unpaired) electrons. The topological polar surface area (TPSA) is 50.7 Å². The summed E-state index contributed by atoms with van der Waals surface area (Å²) in [7, 11) is 0. The van der Waals surface area contributed by atoms with Gasteiger partial charge in [-0.3, -0.25) is 4.79 Å². The number of halogens is 3. The van der Waals surface area contributed by atoms with Gasteiger partial charge in [0.1, 0.15) is 11.6 Å². The van der Waals surface area contributed by atoms with E-state index in [1.54, 1.807) is 36.4 Å². The number of nitrogens with zero attached hydrogens (tertiary/aromatic N) is 1. The van der Waals surface area contributed by atoms with E-state index in [-0.39, 0.29) is 12.2 Å². The molecule has 0 unspecified atom stereocenters. The number of carbonyl (C=O) groups is 1. The van der Waals surface area contributed by atoms with E-state index in [1.165, 1.54) is 12.3 Å². The van der Waals surface area contributed by atoms with Gasteiger partial charge in [-0.25, -0.2) is 9.82 Å². The summed E-state index contributed by atoms with van der Waals surface area (Å²) in [6.07, 6.45) is 1.23. The van der Waals surface area contributed by atoms with Crippen molar-refractivity contribution in [3.05, 3.63) is 63.3 Å². The SMILES string of the molecule is O=C(COc1ccc(Cl)cc1Br)N/N=C/c1ccccc1F. The van der Waals surface area contributed by atoms with E-state index >= 15 is 0 Å². The minimum Gasteiger partial charge on any atom is -0.483 e. The molecule has 0 aliphatic carbocycles. The Morgan fingerprint density at radius 3 is 2.86 bits per heavy atom. The Kier molecular flexibility index (Phi) is 5.91. The van der Waals surface area contributed by atoms with Gasteiger partial charge in [-0.15, -0.1) is 0 Å². The summed E-state index contributed by atoms with van der Waals surface area (Å²) in [5.74, 6) is -0.395. The van der Waals surface area contributed by atoms with Crippen LogP contribution < -0.4 is 10.2 Å². The highest BCUT2D eigenvalue weighted by Crippen LogP contribution is 2.27. The highest BCUT2D eigenvalue weighted by molar-refractivity contribution is 9.10. The Morgan fingerprint density at radius 2 is 2.14 bits per heavy atom. The minimum atomic E-state index is -0.463. The number of benzene rings is 2. The van der Waals surface area contributed by atoms with Crippen LogP contribution in [0, 0.1) is 5.82 Å². The summed E-state index contributed by atoms with van der Waals surface area (Å²) in [6.45, 7) is -0.227. The van der Waals surface area contributed by atoms with Crippen LogP contribution in [-0.4, -0.2) is 18.7 Å². The van der Waals surface area contributed by atoms with Crippen molar-refractivity contribution >= 4 is 39.7 Å². The second-order valence-corrected chi connectivity index (χ2v) is 5.47. The van der Waals surface area contributed by atoms with E-state index in [4.69, 9.17) is 16.3 Å². The molecule has 0 saturated heterocycles. The number of ether oxygens (including phenoxy) is 1. The molecule has 0 aliphatic heterocycles. The van der Waals surface area contributed by atoms with Gasteiger partial charge in [-0.2, -0.15) is 5.10 Å². The molecule has 1 amide bonds. The number of hydrogen-bond acceptors (Lipinski definition) is 3. The Hall–Kier alpha value is -1.92. The van der Waals surface area contributed by atoms with Crippen molar-refractivity contribution in [2.75, 3.05) is 6.61 Å². The number of hydrogen-bond donors (Lipinski definition) is 1. The third-order valence-corrected chi connectivity index (χ3v) is 3.41. The molecule has 2 aromatic carbocycles. The predicted octanol–water partition coefficient (Wildman–Crippen LogP) is 3.77. The Balaban J connectivity index is 1.84. The molecule has 0 heterocycles. The molecular weight excluding hydrogens is 375 g/mol. The van der Waals surface area contributed by atoms with Crippen molar-refractivity contribution in [1.82, 2.24) is 5.43 Å². The first-order valence-corrected chi connectivity index (χ1v) is 7.37. The highest BCUT2D eigenvalue weighted by Gasteiger charge is 2.05. The van der Waals surface area contributed by atoms with Gasteiger partial charge in [-0.1, -0.05) is 29.8 Å². The fourth-order valence-corrected chi connectivity index (χ4v) is 2.32. The van der Waals surface area contributed by atoms with Crippen molar-refractivity contribution in [1.29, 1.82) is 0 Å². The lowest BCUT2D eigenvalue weighted by Gasteiger charge is -2.07. The van der Waals surface area contributed by atoms with Gasteiger partial charge in [0.05, 0.1) is 10.7 Å². The lowest BCUT2D eigenvalue weighted by molar-refractivity contribution is -0.123. The normalized spacial score (nSPS) is 10.7. The Bertz CT molecular complexity index is 710. The maximum absolute atomic E-state index is 13.3. The molecule has 0 fully saturated rings. The quantitative estimate of drug-likeness (QED) is 0.629. The van der Waals surface area contributed by atoms with Gasteiger partial charge in [0.2, 0.25) is 0 Å². The first-order valence-electron chi connectivity index (χ1n) is 6.20. The average Bonchev–Trinajstić information content (AvgIpc) is 2.48. The van der Waals surface area contributed by atoms with Gasteiger partial charge >= 0.3 is 0 Å². The summed E-state index contributed by atoms with van der Waals surface area (Å²) >= 11 is 9.08. The van der Waals surface area contributed by atoms with Crippen LogP contribution in [0.15, 0.2) is 52.0 Å². The molecule has 4 nitrogen and oxygen atoms in total. The summed E-state index contributed by atoms with van der Waals surface area (Å²) in [4.78, 5) is 11.6. The standard InChI is InChI=1S/C15H11BrClFN2O2/c16-12-7-11(17)5-6-14(12)22-9-15(21)20-19-8-10-3-1-2-4-13(10)18/h1-8H,9H2,(H,20,21)/b19-8+. The molecule has 2 aromatic rings. The molecule has 0 saturated carbocycles. The number of nitrogens with one attached hydrogen (secondary N) is 1. The molecule has 0 atom stereocenters. The average molecular weight is 386 g/mol. The van der Waals surface area contributed by atoms with Crippen LogP contribution in [0.4, 0.5) is 4.39 Å². The minimum absolute atomic E-state index is 0.227. The molecule has 0 bridgehead atoms. The van der Waals surface area contributed by atoms with E-state index in [1.807, 2.05) is 0 Å². The Morgan fingerprint density at radius 1 is 1.36 bits per heavy atom. The van der Waals surface area contributed by atoms with E-state index in [9.17, 15) is 9.18 Å². The molecular formula is C15H11BrClFN2O2. The largest absolute Gasteiger partial charge is 0.483 e. The molecule has 7 heteroatoms. The number of rotatable bonds is 5. The van der Waals surface area contributed by atoms with Crippen LogP contribution in [0.2, 0.25) is 5.02 Å². The Labute approximate surface area is 140 Å². The van der Waals surface area contributed by atoms with Crippen LogP contribution in [0.1, 0.15) is 5.56 Å². The van der Waals surface area contributed by atoms with Gasteiger partial charge in [0.25, 0.3) is 5.91 Å². The van der Waals surface area contributed by atoms with E-state index < -0.39 is 11.7 Å². The van der Waals surface area contributed by atoms with Gasteiger partial charge in [0, 0.05) is 10.6 Å². The van der Waals surface area contributed by atoms with Crippen LogP contribution in [0.3, 0.4) is 0 Å². The van der Waals surface area contributed by atoms with E-state index in [0.717, 1.165) is 0 Å². The molecule has 1 N–H and O–H groups in total. The third-order valence-electron chi connectivity index (χ3n) is 2.55. The third kappa shape index (κ3) is 4.82. The summed E-state index contributed by atoms with van der Waals surface area (Å²) in [5.41, 5.74) is 2.54. The fraction of sp³-hybridized carbons (Fsp3) is 0.0667. The molecule has 0 aromatic heterocycles. The van der Waals surface area contributed by atoms with Gasteiger partial charge in [-0.05, 0) is 40.2 Å². The van der Waals surface area contributed by atoms with Crippen molar-refractivity contribution in [3.8, 4) is 5.75 Å². The first kappa shape index (κ1) is 16.5. The number of carbonyl (C=O) groups excluding carboxylic acids is 1. The van der Waals surface area contributed by atoms with Crippen molar-refractivity contribution in [2.24, 2.45) is 5.10 Å². The predicted molar refractivity (Wildman–Crippen MR) is 86.8 cm³/mol. The molecule has 2 rings (SSSR count). The van der Waals surface area contributed by atoms with Crippen molar-refractivity contribution in [2.45, 2.75) is 0 Å². The second-order valence-electron chi connectivity index (χ2n) is 4.18. The monoisotopic (exact) mass is 384 g/mol. The molecule has 0 spiro atoms. The fourth-order valence-electron chi connectivity index (χ4n) is 1.52. The number of amides is 1. The zero-order chi connectivity index (χ0) is 15.9. The van der Waals surface area contributed by atoms with E-state index in [0.29, 0.717) is 15.2 Å². The van der Waals surface area contributed by atoms with Crippen LogP contribution in [0.5, 0.6) is 5.75 Å². The van der Waals surface area contributed by atoms with E-state index in [2.05, 4.69) is 26.5 Å². The lowest BCUT2D eigenvalue weighted by Crippen LogP contribution is -2.24. The zero-order valence-electron chi connectivity index (χ0n) is 11.2. The van der Waals surface area contributed by atoms with Gasteiger partial charge in [0.15, 0.2) is 6.61 Å². The van der Waals surface area contributed by atoms with Crippen molar-refractivity contribution in [3.63, 3.8) is 0 Å². The second kappa shape index (κ2) is 7.91. The van der Waals surface area contributed by atoms with Crippen LogP contribution in [0.25, 0.3) is 0 Å². The molecule has 114 valence electrons. The van der Waals surface area contributed by atoms with Gasteiger partial charge < -0.3 is 4.74 Å². The smallest absolute Gasteiger partial charge is 0.277 e. The maximum atomic E-state index is 13.3. The van der Waals surface area contributed by atoms with Crippen LogP contribution in [-0.2, 0) is 4.79 Å². The lowest BCUT2D eigenvalue weighted by atomic mass is 10.2.